The third-order valence-corrected chi connectivity index (χ3v) is 5.40. The van der Waals surface area contributed by atoms with E-state index >= 15 is 0 Å². The van der Waals surface area contributed by atoms with Crippen LogP contribution in [0.25, 0.3) is 0 Å². The van der Waals surface area contributed by atoms with Gasteiger partial charge in [-0.25, -0.2) is 13.1 Å². The summed E-state index contributed by atoms with van der Waals surface area (Å²) >= 11 is 0. The van der Waals surface area contributed by atoms with E-state index in [1.165, 1.54) is 0 Å². The molecule has 3 N–H and O–H groups in total. The fourth-order valence-electron chi connectivity index (χ4n) is 2.58. The van der Waals surface area contributed by atoms with Crippen molar-refractivity contribution < 1.29 is 8.42 Å². The van der Waals surface area contributed by atoms with E-state index in [4.69, 9.17) is 5.73 Å². The molecule has 0 aliphatic heterocycles. The highest BCUT2D eigenvalue weighted by atomic mass is 32.2. The number of aryl methyl sites for hydroxylation is 1. The Balaban J connectivity index is 2.37. The van der Waals surface area contributed by atoms with Gasteiger partial charge in [0.15, 0.2) is 0 Å². The quantitative estimate of drug-likeness (QED) is 0.825. The summed E-state index contributed by atoms with van der Waals surface area (Å²) < 4.78 is 27.6. The molecule has 5 heteroatoms. The first-order chi connectivity index (χ1) is 8.42. The van der Waals surface area contributed by atoms with E-state index in [9.17, 15) is 8.42 Å². The van der Waals surface area contributed by atoms with Crippen LogP contribution in [0.1, 0.15) is 36.8 Å². The number of anilines is 1. The first kappa shape index (κ1) is 13.4. The lowest BCUT2D eigenvalue weighted by atomic mass is 10.1. The number of hydrogen-bond donors (Lipinski definition) is 2. The molecule has 0 atom stereocenters. The second kappa shape index (κ2) is 4.90. The minimum absolute atomic E-state index is 0.0789. The molecule has 2 rings (SSSR count). The van der Waals surface area contributed by atoms with Gasteiger partial charge in [-0.1, -0.05) is 18.9 Å². The predicted molar refractivity (Wildman–Crippen MR) is 72.9 cm³/mol. The van der Waals surface area contributed by atoms with E-state index in [2.05, 4.69) is 4.72 Å². The zero-order chi connectivity index (χ0) is 13.3. The second-order valence-corrected chi connectivity index (χ2v) is 6.68. The zero-order valence-corrected chi connectivity index (χ0v) is 11.7. The number of sulfonamides is 1. The lowest BCUT2D eigenvalue weighted by Crippen LogP contribution is -2.33. The SMILES string of the molecule is Cc1ccc(N)c(C)c1S(=O)(=O)NC1CCCC1. The average Bonchev–Trinajstić information content (AvgIpc) is 2.75. The lowest BCUT2D eigenvalue weighted by molar-refractivity contribution is 0.551. The molecule has 0 saturated heterocycles. The minimum Gasteiger partial charge on any atom is -0.398 e. The van der Waals surface area contributed by atoms with E-state index in [1.807, 2.05) is 0 Å². The molecule has 18 heavy (non-hydrogen) atoms. The van der Waals surface area contributed by atoms with Crippen molar-refractivity contribution in [2.45, 2.75) is 50.5 Å². The summed E-state index contributed by atoms with van der Waals surface area (Å²) in [6.07, 6.45) is 4.06. The summed E-state index contributed by atoms with van der Waals surface area (Å²) in [6, 6.07) is 3.58. The van der Waals surface area contributed by atoms with Gasteiger partial charge >= 0.3 is 0 Å². The Hall–Kier alpha value is -1.07. The van der Waals surface area contributed by atoms with Crippen LogP contribution < -0.4 is 10.5 Å². The van der Waals surface area contributed by atoms with Crippen LogP contribution in [0.3, 0.4) is 0 Å². The molecule has 1 fully saturated rings. The smallest absolute Gasteiger partial charge is 0.241 e. The van der Waals surface area contributed by atoms with Crippen LogP contribution in [0, 0.1) is 13.8 Å². The third kappa shape index (κ3) is 2.52. The maximum Gasteiger partial charge on any atom is 0.241 e. The molecule has 0 aromatic heterocycles. The Morgan fingerprint density at radius 1 is 1.22 bits per heavy atom. The van der Waals surface area contributed by atoms with Gasteiger partial charge in [0.05, 0.1) is 4.90 Å². The van der Waals surface area contributed by atoms with E-state index < -0.39 is 10.0 Å². The molecule has 1 aromatic rings. The molecule has 0 radical (unpaired) electrons. The van der Waals surface area contributed by atoms with Gasteiger partial charge in [0.1, 0.15) is 0 Å². The molecule has 0 amide bonds. The van der Waals surface area contributed by atoms with E-state index in [0.717, 1.165) is 31.2 Å². The van der Waals surface area contributed by atoms with Crippen molar-refractivity contribution in [1.29, 1.82) is 0 Å². The van der Waals surface area contributed by atoms with Crippen LogP contribution in [0.15, 0.2) is 17.0 Å². The molecule has 1 saturated carbocycles. The Bertz CT molecular complexity index is 546. The van der Waals surface area contributed by atoms with Crippen LogP contribution in [0.2, 0.25) is 0 Å². The molecule has 1 aliphatic rings. The first-order valence-electron chi connectivity index (χ1n) is 6.30. The standard InChI is InChI=1S/C13H20N2O2S/c1-9-7-8-12(14)10(2)13(9)18(16,17)15-11-5-3-4-6-11/h7-8,11,15H,3-6,14H2,1-2H3. The largest absolute Gasteiger partial charge is 0.398 e. The van der Waals surface area contributed by atoms with Crippen molar-refractivity contribution in [3.63, 3.8) is 0 Å². The summed E-state index contributed by atoms with van der Waals surface area (Å²) in [5.74, 6) is 0. The molecule has 0 heterocycles. The van der Waals surface area contributed by atoms with E-state index in [-0.39, 0.29) is 6.04 Å². The third-order valence-electron chi connectivity index (χ3n) is 3.59. The van der Waals surface area contributed by atoms with Gasteiger partial charge < -0.3 is 5.73 Å². The highest BCUT2D eigenvalue weighted by Crippen LogP contribution is 2.26. The van der Waals surface area contributed by atoms with Gasteiger partial charge in [0.25, 0.3) is 0 Å². The van der Waals surface area contributed by atoms with Crippen LogP contribution in [-0.4, -0.2) is 14.5 Å². The highest BCUT2D eigenvalue weighted by molar-refractivity contribution is 7.89. The average molecular weight is 268 g/mol. The van der Waals surface area contributed by atoms with Crippen LogP contribution >= 0.6 is 0 Å². The van der Waals surface area contributed by atoms with Gasteiger partial charge in [-0.15, -0.1) is 0 Å². The number of rotatable bonds is 3. The normalized spacial score (nSPS) is 17.2. The number of nitrogen functional groups attached to an aromatic ring is 1. The lowest BCUT2D eigenvalue weighted by Gasteiger charge is -2.17. The van der Waals surface area contributed by atoms with Crippen molar-refractivity contribution >= 4 is 15.7 Å². The Kier molecular flexibility index (Phi) is 3.64. The summed E-state index contributed by atoms with van der Waals surface area (Å²) in [5, 5.41) is 0. The van der Waals surface area contributed by atoms with Crippen molar-refractivity contribution in [2.75, 3.05) is 5.73 Å². The van der Waals surface area contributed by atoms with Gasteiger partial charge in [-0.3, -0.25) is 0 Å². The van der Waals surface area contributed by atoms with Crippen LogP contribution in [0.4, 0.5) is 5.69 Å². The van der Waals surface area contributed by atoms with Crippen molar-refractivity contribution in [1.82, 2.24) is 4.72 Å². The summed E-state index contributed by atoms with van der Waals surface area (Å²) in [7, 11) is -3.46. The van der Waals surface area contributed by atoms with Crippen LogP contribution in [-0.2, 0) is 10.0 Å². The second-order valence-electron chi connectivity index (χ2n) is 5.03. The monoisotopic (exact) mass is 268 g/mol. The molecular formula is C13H20N2O2S. The molecule has 4 nitrogen and oxygen atoms in total. The van der Waals surface area contributed by atoms with Gasteiger partial charge in [-0.2, -0.15) is 0 Å². The van der Waals surface area contributed by atoms with Crippen molar-refractivity contribution in [3.05, 3.63) is 23.3 Å². The van der Waals surface area contributed by atoms with Gasteiger partial charge in [0, 0.05) is 11.7 Å². The molecule has 0 bridgehead atoms. The molecule has 0 spiro atoms. The Morgan fingerprint density at radius 2 is 1.83 bits per heavy atom. The molecular weight excluding hydrogens is 248 g/mol. The number of benzene rings is 1. The van der Waals surface area contributed by atoms with Crippen LogP contribution in [0.5, 0.6) is 0 Å². The number of hydrogen-bond acceptors (Lipinski definition) is 3. The predicted octanol–water partition coefficient (Wildman–Crippen LogP) is 2.11. The Morgan fingerprint density at radius 3 is 2.44 bits per heavy atom. The highest BCUT2D eigenvalue weighted by Gasteiger charge is 2.26. The summed E-state index contributed by atoms with van der Waals surface area (Å²) in [5.41, 5.74) is 7.71. The zero-order valence-electron chi connectivity index (χ0n) is 10.9. The van der Waals surface area contributed by atoms with E-state index in [1.54, 1.807) is 26.0 Å². The van der Waals surface area contributed by atoms with E-state index in [0.29, 0.717) is 16.1 Å². The summed E-state index contributed by atoms with van der Waals surface area (Å²) in [4.78, 5) is 0.342. The maximum atomic E-state index is 12.4. The first-order valence-corrected chi connectivity index (χ1v) is 7.78. The topological polar surface area (TPSA) is 72.2 Å². The Labute approximate surface area is 109 Å². The molecule has 1 aliphatic carbocycles. The van der Waals surface area contributed by atoms with Gasteiger partial charge in [-0.05, 0) is 43.9 Å². The minimum atomic E-state index is -3.46. The molecule has 0 unspecified atom stereocenters. The molecule has 100 valence electrons. The number of nitrogens with one attached hydrogen (secondary N) is 1. The fraction of sp³-hybridized carbons (Fsp3) is 0.538. The van der Waals surface area contributed by atoms with Crippen molar-refractivity contribution in [2.24, 2.45) is 0 Å². The van der Waals surface area contributed by atoms with Gasteiger partial charge in [0.2, 0.25) is 10.0 Å². The van der Waals surface area contributed by atoms with Crippen molar-refractivity contribution in [3.8, 4) is 0 Å². The number of nitrogens with two attached hydrogens (primary N) is 1. The fourth-order valence-corrected chi connectivity index (χ4v) is 4.38. The maximum absolute atomic E-state index is 12.4. The summed E-state index contributed by atoms with van der Waals surface area (Å²) in [6.45, 7) is 3.56. The molecule has 1 aromatic carbocycles.